The maximum atomic E-state index is 11.8. The second kappa shape index (κ2) is 7.49. The van der Waals surface area contributed by atoms with Gasteiger partial charge in [0, 0.05) is 16.9 Å². The number of nitrogens with one attached hydrogen (secondary N) is 1. The van der Waals surface area contributed by atoms with Gasteiger partial charge in [0.15, 0.2) is 0 Å². The molecule has 2 nitrogen and oxygen atoms in total. The number of rotatable bonds is 6. The molecular weight excluding hydrogens is 278 g/mol. The summed E-state index contributed by atoms with van der Waals surface area (Å²) in [6.07, 6.45) is 2.68. The number of carbonyl (C=O) groups is 1. The summed E-state index contributed by atoms with van der Waals surface area (Å²) in [6.45, 7) is 4.26. The highest BCUT2D eigenvalue weighted by molar-refractivity contribution is 9.09. The SMILES string of the molecule is CCC(CC(=O)Nc1ccccc1)CC(C)Br. The lowest BCUT2D eigenvalue weighted by molar-refractivity contribution is -0.117. The minimum atomic E-state index is 0.108. The number of carbonyl (C=O) groups excluding carboxylic acids is 1. The van der Waals surface area contributed by atoms with Gasteiger partial charge in [0.25, 0.3) is 0 Å². The number of hydrogen-bond acceptors (Lipinski definition) is 1. The molecule has 0 aliphatic rings. The fraction of sp³-hybridized carbons (Fsp3) is 0.500. The number of anilines is 1. The first-order valence-electron chi connectivity index (χ1n) is 6.10. The van der Waals surface area contributed by atoms with Crippen molar-refractivity contribution >= 4 is 27.5 Å². The van der Waals surface area contributed by atoms with Gasteiger partial charge in [-0.05, 0) is 24.5 Å². The van der Waals surface area contributed by atoms with Gasteiger partial charge in [-0.25, -0.2) is 0 Å². The van der Waals surface area contributed by atoms with Crippen LogP contribution in [0.25, 0.3) is 0 Å². The molecule has 0 saturated carbocycles. The van der Waals surface area contributed by atoms with E-state index in [1.165, 1.54) is 0 Å². The minimum absolute atomic E-state index is 0.108. The Bertz CT molecular complexity index is 337. The van der Waals surface area contributed by atoms with Crippen LogP contribution >= 0.6 is 15.9 Å². The second-order valence-electron chi connectivity index (χ2n) is 4.41. The average molecular weight is 298 g/mol. The van der Waals surface area contributed by atoms with Crippen molar-refractivity contribution in [2.75, 3.05) is 5.32 Å². The summed E-state index contributed by atoms with van der Waals surface area (Å²) in [4.78, 5) is 12.3. The summed E-state index contributed by atoms with van der Waals surface area (Å²) in [6, 6.07) is 9.61. The van der Waals surface area contributed by atoms with Crippen molar-refractivity contribution in [3.05, 3.63) is 30.3 Å². The largest absolute Gasteiger partial charge is 0.326 e. The molecule has 3 heteroatoms. The van der Waals surface area contributed by atoms with Crippen LogP contribution in [0.3, 0.4) is 0 Å². The van der Waals surface area contributed by atoms with Gasteiger partial charge in [-0.3, -0.25) is 4.79 Å². The predicted octanol–water partition coefficient (Wildman–Crippen LogP) is 4.21. The average Bonchev–Trinajstić information content (AvgIpc) is 2.28. The number of benzene rings is 1. The third-order valence-corrected chi connectivity index (χ3v) is 3.14. The zero-order valence-electron chi connectivity index (χ0n) is 10.4. The lowest BCUT2D eigenvalue weighted by Gasteiger charge is -2.15. The van der Waals surface area contributed by atoms with Crippen molar-refractivity contribution in [2.45, 2.75) is 37.9 Å². The molecule has 0 radical (unpaired) electrons. The Morgan fingerprint density at radius 3 is 2.53 bits per heavy atom. The second-order valence-corrected chi connectivity index (χ2v) is 5.97. The van der Waals surface area contributed by atoms with Gasteiger partial charge in [0.2, 0.25) is 5.91 Å². The highest BCUT2D eigenvalue weighted by Gasteiger charge is 2.14. The van der Waals surface area contributed by atoms with E-state index in [0.717, 1.165) is 18.5 Å². The smallest absolute Gasteiger partial charge is 0.224 e. The van der Waals surface area contributed by atoms with E-state index >= 15 is 0 Å². The highest BCUT2D eigenvalue weighted by atomic mass is 79.9. The molecule has 0 aliphatic carbocycles. The first kappa shape index (κ1) is 14.2. The monoisotopic (exact) mass is 297 g/mol. The van der Waals surface area contributed by atoms with Crippen LogP contribution in [-0.2, 0) is 4.79 Å². The van der Waals surface area contributed by atoms with Crippen molar-refractivity contribution in [3.8, 4) is 0 Å². The summed E-state index contributed by atoms with van der Waals surface area (Å²) in [5, 5.41) is 2.93. The van der Waals surface area contributed by atoms with Crippen LogP contribution in [-0.4, -0.2) is 10.7 Å². The molecule has 94 valence electrons. The lowest BCUT2D eigenvalue weighted by atomic mass is 9.96. The van der Waals surface area contributed by atoms with Gasteiger partial charge in [-0.15, -0.1) is 0 Å². The van der Waals surface area contributed by atoms with E-state index < -0.39 is 0 Å². The predicted molar refractivity (Wildman–Crippen MR) is 76.5 cm³/mol. The van der Waals surface area contributed by atoms with Gasteiger partial charge in [0.05, 0.1) is 0 Å². The topological polar surface area (TPSA) is 29.1 Å². The lowest BCUT2D eigenvalue weighted by Crippen LogP contribution is -2.17. The quantitative estimate of drug-likeness (QED) is 0.783. The zero-order chi connectivity index (χ0) is 12.7. The third-order valence-electron chi connectivity index (χ3n) is 2.77. The van der Waals surface area contributed by atoms with Crippen LogP contribution in [0.2, 0.25) is 0 Å². The Kier molecular flexibility index (Phi) is 6.27. The van der Waals surface area contributed by atoms with Crippen LogP contribution in [0.1, 0.15) is 33.1 Å². The van der Waals surface area contributed by atoms with Crippen LogP contribution in [0.4, 0.5) is 5.69 Å². The van der Waals surface area contributed by atoms with E-state index in [2.05, 4.69) is 35.1 Å². The number of halogens is 1. The fourth-order valence-corrected chi connectivity index (χ4v) is 2.38. The molecule has 17 heavy (non-hydrogen) atoms. The van der Waals surface area contributed by atoms with Crippen LogP contribution in [0, 0.1) is 5.92 Å². The molecule has 1 aromatic rings. The maximum Gasteiger partial charge on any atom is 0.224 e. The summed E-state index contributed by atoms with van der Waals surface area (Å²) in [5.41, 5.74) is 0.874. The standard InChI is InChI=1S/C14H20BrNO/c1-3-12(9-11(2)15)10-14(17)16-13-7-5-4-6-8-13/h4-8,11-12H,3,9-10H2,1-2H3,(H,16,17). The summed E-state index contributed by atoms with van der Waals surface area (Å²) in [5.74, 6) is 0.560. The van der Waals surface area contributed by atoms with Crippen molar-refractivity contribution in [1.29, 1.82) is 0 Å². The number of hydrogen-bond donors (Lipinski definition) is 1. The highest BCUT2D eigenvalue weighted by Crippen LogP contribution is 2.20. The van der Waals surface area contributed by atoms with E-state index in [9.17, 15) is 4.79 Å². The Labute approximate surface area is 112 Å². The van der Waals surface area contributed by atoms with E-state index in [1.54, 1.807) is 0 Å². The van der Waals surface area contributed by atoms with Gasteiger partial charge in [0.1, 0.15) is 0 Å². The molecule has 1 N–H and O–H groups in total. The normalized spacial score (nSPS) is 14.1. The van der Waals surface area contributed by atoms with E-state index in [4.69, 9.17) is 0 Å². The van der Waals surface area contributed by atoms with E-state index in [-0.39, 0.29) is 5.91 Å². The molecule has 0 saturated heterocycles. The van der Waals surface area contributed by atoms with Crippen molar-refractivity contribution in [3.63, 3.8) is 0 Å². The van der Waals surface area contributed by atoms with Gasteiger partial charge < -0.3 is 5.32 Å². The molecule has 1 amide bonds. The van der Waals surface area contributed by atoms with Crippen LogP contribution in [0.15, 0.2) is 30.3 Å². The molecule has 0 heterocycles. The molecule has 1 aromatic carbocycles. The molecule has 2 atom stereocenters. The number of alkyl halides is 1. The molecular formula is C14H20BrNO. The molecule has 0 spiro atoms. The Morgan fingerprint density at radius 2 is 2.00 bits per heavy atom. The molecule has 0 fully saturated rings. The number of para-hydroxylation sites is 1. The van der Waals surface area contributed by atoms with Gasteiger partial charge in [-0.2, -0.15) is 0 Å². The van der Waals surface area contributed by atoms with E-state index in [0.29, 0.717) is 17.2 Å². The summed E-state index contributed by atoms with van der Waals surface area (Å²) < 4.78 is 0. The molecule has 0 aliphatic heterocycles. The van der Waals surface area contributed by atoms with Gasteiger partial charge >= 0.3 is 0 Å². The van der Waals surface area contributed by atoms with E-state index in [1.807, 2.05) is 30.3 Å². The first-order chi connectivity index (χ1) is 8.11. The molecule has 0 aromatic heterocycles. The molecule has 1 rings (SSSR count). The van der Waals surface area contributed by atoms with Crippen LogP contribution < -0.4 is 5.32 Å². The van der Waals surface area contributed by atoms with Crippen molar-refractivity contribution in [2.24, 2.45) is 5.92 Å². The van der Waals surface area contributed by atoms with Crippen molar-refractivity contribution < 1.29 is 4.79 Å². The van der Waals surface area contributed by atoms with Crippen LogP contribution in [0.5, 0.6) is 0 Å². The number of amides is 1. The Balaban J connectivity index is 2.43. The fourth-order valence-electron chi connectivity index (χ4n) is 1.85. The molecule has 2 unspecified atom stereocenters. The first-order valence-corrected chi connectivity index (χ1v) is 7.02. The third kappa shape index (κ3) is 5.87. The van der Waals surface area contributed by atoms with Gasteiger partial charge in [-0.1, -0.05) is 54.4 Å². The Hall–Kier alpha value is -0.830. The maximum absolute atomic E-state index is 11.8. The summed E-state index contributed by atoms with van der Waals surface area (Å²) in [7, 11) is 0. The Morgan fingerprint density at radius 1 is 1.35 bits per heavy atom. The molecule has 0 bridgehead atoms. The van der Waals surface area contributed by atoms with Crippen molar-refractivity contribution in [1.82, 2.24) is 0 Å². The summed E-state index contributed by atoms with van der Waals surface area (Å²) >= 11 is 3.54. The minimum Gasteiger partial charge on any atom is -0.326 e. The zero-order valence-corrected chi connectivity index (χ0v) is 12.0.